The van der Waals surface area contributed by atoms with Crippen LogP contribution in [0.25, 0.3) is 0 Å². The van der Waals surface area contributed by atoms with E-state index in [0.29, 0.717) is 5.41 Å². The van der Waals surface area contributed by atoms with Crippen LogP contribution in [0, 0.1) is 12.3 Å². The molecule has 0 atom stereocenters. The van der Waals surface area contributed by atoms with Gasteiger partial charge in [0, 0.05) is 0 Å². The van der Waals surface area contributed by atoms with Gasteiger partial charge < -0.3 is 11.8 Å². The Labute approximate surface area is 70.9 Å². The van der Waals surface area contributed by atoms with Crippen molar-refractivity contribution in [3.05, 3.63) is 6.92 Å². The molecule has 0 aromatic heterocycles. The average Bonchev–Trinajstić information content (AvgIpc) is 2.17. The van der Waals surface area contributed by atoms with Gasteiger partial charge in [-0.25, -0.2) is 0 Å². The molecule has 0 unspecified atom stereocenters. The Morgan fingerprint density at radius 3 is 2.00 bits per heavy atom. The Bertz CT molecular complexity index is 86.9. The molecule has 1 aliphatic carbocycles. The fourth-order valence-corrected chi connectivity index (χ4v) is 1.01. The van der Waals surface area contributed by atoms with Crippen molar-refractivity contribution in [1.29, 1.82) is 0 Å². The summed E-state index contributed by atoms with van der Waals surface area (Å²) in [6, 6.07) is 0. The fourth-order valence-electron chi connectivity index (χ4n) is 1.01. The molecular weight excluding hydrogens is 288 g/mol. The number of hydrogen-bond donors (Lipinski definition) is 0. The van der Waals surface area contributed by atoms with Crippen LogP contribution < -0.4 is 0 Å². The molecule has 0 aromatic carbocycles. The topological polar surface area (TPSA) is 3.24 Å². The maximum Gasteiger partial charge on any atom is 1.00 e. The molecule has 0 aromatic rings. The van der Waals surface area contributed by atoms with Gasteiger partial charge in [0.05, 0.1) is 0 Å². The second-order valence-electron chi connectivity index (χ2n) is 3.24. The molecular formula is C7H14NOs. The molecule has 9 heavy (non-hydrogen) atoms. The molecule has 0 amide bonds. The second kappa shape index (κ2) is 3.13. The van der Waals surface area contributed by atoms with E-state index in [1.807, 2.05) is 0 Å². The van der Waals surface area contributed by atoms with Crippen LogP contribution in [0.2, 0.25) is 0 Å². The summed E-state index contributed by atoms with van der Waals surface area (Å²) in [6.45, 7) is 5.24. The van der Waals surface area contributed by atoms with Crippen LogP contribution in [0.3, 0.4) is 0 Å². The van der Waals surface area contributed by atoms with E-state index in [1.165, 1.54) is 12.8 Å². The molecule has 2 heteroatoms. The summed E-state index contributed by atoms with van der Waals surface area (Å²) in [5, 5.41) is 0. The van der Waals surface area contributed by atoms with E-state index in [0.717, 1.165) is 6.54 Å². The van der Waals surface area contributed by atoms with Gasteiger partial charge in [0.15, 0.2) is 0 Å². The predicted octanol–water partition coefficient (Wildman–Crippen LogP) is 1.16. The quantitative estimate of drug-likeness (QED) is 0.692. The SMILES string of the molecule is [CH2-]C1(CN(C)C)CC1.[Os+]. The van der Waals surface area contributed by atoms with Gasteiger partial charge in [-0.1, -0.05) is 12.8 Å². The third-order valence-corrected chi connectivity index (χ3v) is 1.61. The van der Waals surface area contributed by atoms with Gasteiger partial charge in [0.25, 0.3) is 0 Å². The normalized spacial score (nSPS) is 21.3. The third-order valence-electron chi connectivity index (χ3n) is 1.61. The van der Waals surface area contributed by atoms with Crippen molar-refractivity contribution in [1.82, 2.24) is 4.90 Å². The fraction of sp³-hybridized carbons (Fsp3) is 0.857. The van der Waals surface area contributed by atoms with Crippen molar-refractivity contribution >= 4 is 0 Å². The summed E-state index contributed by atoms with van der Waals surface area (Å²) in [5.41, 5.74) is 0.448. The monoisotopic (exact) mass is 304 g/mol. The Hall–Kier alpha value is 0.596. The van der Waals surface area contributed by atoms with Crippen LogP contribution in [0.5, 0.6) is 0 Å². The largest absolute Gasteiger partial charge is 1.00 e. The van der Waals surface area contributed by atoms with E-state index < -0.39 is 0 Å². The van der Waals surface area contributed by atoms with Crippen LogP contribution in [0.4, 0.5) is 0 Å². The molecule has 1 radical (unpaired) electrons. The Morgan fingerprint density at radius 1 is 1.44 bits per heavy atom. The maximum atomic E-state index is 4.08. The molecule has 55 valence electrons. The van der Waals surface area contributed by atoms with Crippen LogP contribution in [-0.4, -0.2) is 25.5 Å². The molecule has 0 saturated heterocycles. The van der Waals surface area contributed by atoms with Crippen LogP contribution in [0.1, 0.15) is 12.8 Å². The summed E-state index contributed by atoms with van der Waals surface area (Å²) < 4.78 is 0. The minimum absolute atomic E-state index is 0. The van der Waals surface area contributed by atoms with E-state index >= 15 is 0 Å². The summed E-state index contributed by atoms with van der Waals surface area (Å²) in [5.74, 6) is 0. The van der Waals surface area contributed by atoms with Gasteiger partial charge in [-0.05, 0) is 20.6 Å². The number of hydrogen-bond acceptors (Lipinski definition) is 1. The molecule has 1 fully saturated rings. The van der Waals surface area contributed by atoms with Crippen LogP contribution in [0.15, 0.2) is 0 Å². The Kier molecular flexibility index (Phi) is 3.33. The first-order valence-corrected chi connectivity index (χ1v) is 3.12. The van der Waals surface area contributed by atoms with Crippen molar-refractivity contribution in [3.8, 4) is 0 Å². The number of rotatable bonds is 2. The maximum absolute atomic E-state index is 4.08. The van der Waals surface area contributed by atoms with Gasteiger partial charge in [-0.15, -0.1) is 5.41 Å². The molecule has 1 aliphatic rings. The van der Waals surface area contributed by atoms with E-state index in [9.17, 15) is 0 Å². The summed E-state index contributed by atoms with van der Waals surface area (Å²) in [6.07, 6.45) is 2.65. The zero-order valence-corrected chi connectivity index (χ0v) is 8.67. The van der Waals surface area contributed by atoms with Crippen molar-refractivity contribution in [2.45, 2.75) is 12.8 Å². The first-order valence-electron chi connectivity index (χ1n) is 3.12. The van der Waals surface area contributed by atoms with Crippen molar-refractivity contribution < 1.29 is 19.8 Å². The minimum atomic E-state index is 0. The van der Waals surface area contributed by atoms with Gasteiger partial charge in [-0.3, -0.25) is 0 Å². The summed E-state index contributed by atoms with van der Waals surface area (Å²) in [4.78, 5) is 2.21. The summed E-state index contributed by atoms with van der Waals surface area (Å²) in [7, 11) is 4.20. The van der Waals surface area contributed by atoms with Gasteiger partial charge in [0.2, 0.25) is 0 Å². The Balaban J connectivity index is 0.000000640. The average molecular weight is 302 g/mol. The second-order valence-corrected chi connectivity index (χ2v) is 3.24. The molecule has 1 nitrogen and oxygen atoms in total. The van der Waals surface area contributed by atoms with Crippen LogP contribution >= 0.6 is 0 Å². The Morgan fingerprint density at radius 2 is 1.89 bits per heavy atom. The molecule has 1 rings (SSSR count). The molecule has 0 aliphatic heterocycles. The first-order chi connectivity index (χ1) is 3.62. The zero-order valence-electron chi connectivity index (χ0n) is 6.13. The minimum Gasteiger partial charge on any atom is -0.336 e. The van der Waals surface area contributed by atoms with Gasteiger partial charge in [0.1, 0.15) is 0 Å². The van der Waals surface area contributed by atoms with Crippen molar-refractivity contribution in [2.75, 3.05) is 20.6 Å². The molecule has 0 spiro atoms. The summed E-state index contributed by atoms with van der Waals surface area (Å²) >= 11 is 0. The van der Waals surface area contributed by atoms with E-state index in [2.05, 4.69) is 25.9 Å². The third kappa shape index (κ3) is 3.33. The van der Waals surface area contributed by atoms with Gasteiger partial charge in [-0.2, -0.15) is 0 Å². The molecule has 0 heterocycles. The van der Waals surface area contributed by atoms with E-state index in [-0.39, 0.29) is 19.8 Å². The molecule has 0 N–H and O–H groups in total. The number of nitrogens with zero attached hydrogens (tertiary/aromatic N) is 1. The molecule has 0 bridgehead atoms. The van der Waals surface area contributed by atoms with Crippen LogP contribution in [-0.2, 0) is 19.8 Å². The standard InChI is InChI=1S/C7H14N.Os/c1-7(4-5-7)6-8(2)3;/h1,4-6H2,2-3H3;/q-1;+1. The van der Waals surface area contributed by atoms with E-state index in [4.69, 9.17) is 0 Å². The predicted molar refractivity (Wildman–Crippen MR) is 35.6 cm³/mol. The van der Waals surface area contributed by atoms with Crippen molar-refractivity contribution in [3.63, 3.8) is 0 Å². The van der Waals surface area contributed by atoms with E-state index in [1.54, 1.807) is 0 Å². The molecule has 1 saturated carbocycles. The smallest absolute Gasteiger partial charge is 0.336 e. The first kappa shape index (κ1) is 9.60. The van der Waals surface area contributed by atoms with Crippen molar-refractivity contribution in [2.24, 2.45) is 5.41 Å². The zero-order chi connectivity index (χ0) is 6.20. The van der Waals surface area contributed by atoms with Gasteiger partial charge >= 0.3 is 19.8 Å².